The molecule has 0 bridgehead atoms. The Bertz CT molecular complexity index is 810. The molecule has 5 heteroatoms. The predicted molar refractivity (Wildman–Crippen MR) is 115 cm³/mol. The molecule has 0 atom stereocenters. The van der Waals surface area contributed by atoms with Gasteiger partial charge in [-0.3, -0.25) is 0 Å². The van der Waals surface area contributed by atoms with E-state index < -0.39 is 0 Å². The molecule has 0 aliphatic rings. The van der Waals surface area contributed by atoms with E-state index in [2.05, 4.69) is 60.5 Å². The molecule has 0 saturated carbocycles. The summed E-state index contributed by atoms with van der Waals surface area (Å²) in [5.74, 6) is 0. The average molecular weight is 378 g/mol. The van der Waals surface area contributed by atoms with Crippen LogP contribution in [0.5, 0.6) is 0 Å². The van der Waals surface area contributed by atoms with Crippen LogP contribution in [0.4, 0.5) is 0 Å². The highest BCUT2D eigenvalue weighted by Gasteiger charge is 2.13. The number of aromatic nitrogens is 3. The Morgan fingerprint density at radius 3 is 2.25 bits per heavy atom. The van der Waals surface area contributed by atoms with Crippen molar-refractivity contribution in [2.75, 3.05) is 26.2 Å². The molecule has 1 aromatic heterocycles. The van der Waals surface area contributed by atoms with Gasteiger partial charge in [0.15, 0.2) is 0 Å². The first kappa shape index (κ1) is 20.2. The summed E-state index contributed by atoms with van der Waals surface area (Å²) >= 11 is 0. The molecule has 3 aromatic rings. The van der Waals surface area contributed by atoms with Crippen molar-refractivity contribution in [2.45, 2.75) is 33.4 Å². The lowest BCUT2D eigenvalue weighted by Crippen LogP contribution is -2.27. The smallest absolute Gasteiger partial charge is 0.117 e. The van der Waals surface area contributed by atoms with E-state index in [1.54, 1.807) is 0 Å². The molecule has 0 unspecified atom stereocenters. The van der Waals surface area contributed by atoms with Gasteiger partial charge in [0, 0.05) is 12.1 Å². The lowest BCUT2D eigenvalue weighted by atomic mass is 10.1. The van der Waals surface area contributed by atoms with E-state index in [1.165, 1.54) is 5.56 Å². The van der Waals surface area contributed by atoms with Crippen molar-refractivity contribution in [3.63, 3.8) is 0 Å². The van der Waals surface area contributed by atoms with Gasteiger partial charge in [-0.1, -0.05) is 74.5 Å². The Morgan fingerprint density at radius 1 is 0.893 bits per heavy atom. The minimum absolute atomic E-state index is 0.683. The van der Waals surface area contributed by atoms with Gasteiger partial charge in [0.2, 0.25) is 0 Å². The van der Waals surface area contributed by atoms with Crippen LogP contribution in [0.3, 0.4) is 0 Å². The van der Waals surface area contributed by atoms with E-state index in [0.717, 1.165) is 56.1 Å². The van der Waals surface area contributed by atoms with Crippen molar-refractivity contribution in [2.24, 2.45) is 0 Å². The topological polar surface area (TPSA) is 46.0 Å². The fourth-order valence-corrected chi connectivity index (χ4v) is 3.31. The minimum atomic E-state index is 0.683. The Kier molecular flexibility index (Phi) is 7.76. The summed E-state index contributed by atoms with van der Waals surface area (Å²) in [5, 5.41) is 13.1. The van der Waals surface area contributed by atoms with E-state index in [0.29, 0.717) is 6.54 Å². The van der Waals surface area contributed by atoms with Crippen LogP contribution in [-0.4, -0.2) is 46.1 Å². The largest absolute Gasteiger partial charge is 0.311 e. The fraction of sp³-hybridized carbons (Fsp3) is 0.391. The van der Waals surface area contributed by atoms with Crippen LogP contribution in [0.15, 0.2) is 60.7 Å². The van der Waals surface area contributed by atoms with Gasteiger partial charge in [-0.05, 0) is 38.2 Å². The maximum atomic E-state index is 4.79. The van der Waals surface area contributed by atoms with E-state index >= 15 is 0 Å². The van der Waals surface area contributed by atoms with Gasteiger partial charge in [-0.15, -0.1) is 0 Å². The monoisotopic (exact) mass is 377 g/mol. The van der Waals surface area contributed by atoms with Crippen molar-refractivity contribution in [1.82, 2.24) is 25.2 Å². The first-order chi connectivity index (χ1) is 13.8. The van der Waals surface area contributed by atoms with Crippen molar-refractivity contribution >= 4 is 0 Å². The second-order valence-corrected chi connectivity index (χ2v) is 6.93. The maximum Gasteiger partial charge on any atom is 0.117 e. The summed E-state index contributed by atoms with van der Waals surface area (Å²) in [4.78, 5) is 4.26. The predicted octanol–water partition coefficient (Wildman–Crippen LogP) is 3.81. The molecule has 1 N–H and O–H groups in total. The SMILES string of the molecule is CCN(CC)CCCNCc1nn(Cc2ccccc2)nc1-c1ccccc1. The Hall–Kier alpha value is -2.50. The maximum absolute atomic E-state index is 4.79. The number of rotatable bonds is 11. The van der Waals surface area contributed by atoms with Gasteiger partial charge < -0.3 is 10.2 Å². The molecule has 0 saturated heterocycles. The van der Waals surface area contributed by atoms with Crippen LogP contribution in [0.1, 0.15) is 31.5 Å². The third kappa shape index (κ3) is 5.75. The fourth-order valence-electron chi connectivity index (χ4n) is 3.31. The first-order valence-electron chi connectivity index (χ1n) is 10.3. The summed E-state index contributed by atoms with van der Waals surface area (Å²) in [6.45, 7) is 10.2. The zero-order chi connectivity index (χ0) is 19.6. The Morgan fingerprint density at radius 2 is 1.57 bits per heavy atom. The van der Waals surface area contributed by atoms with Crippen LogP contribution >= 0.6 is 0 Å². The molecule has 0 fully saturated rings. The third-order valence-electron chi connectivity index (χ3n) is 4.95. The van der Waals surface area contributed by atoms with Crippen LogP contribution in [0, 0.1) is 0 Å². The molecule has 0 aliphatic carbocycles. The summed E-state index contributed by atoms with van der Waals surface area (Å²) in [6.07, 6.45) is 1.14. The molecular weight excluding hydrogens is 346 g/mol. The van der Waals surface area contributed by atoms with Gasteiger partial charge >= 0.3 is 0 Å². The highest BCUT2D eigenvalue weighted by molar-refractivity contribution is 5.60. The molecule has 1 heterocycles. The van der Waals surface area contributed by atoms with E-state index in [9.17, 15) is 0 Å². The van der Waals surface area contributed by atoms with Crippen molar-refractivity contribution < 1.29 is 0 Å². The number of hydrogen-bond acceptors (Lipinski definition) is 4. The zero-order valence-electron chi connectivity index (χ0n) is 17.0. The van der Waals surface area contributed by atoms with Crippen LogP contribution in [0.25, 0.3) is 11.3 Å². The first-order valence-corrected chi connectivity index (χ1v) is 10.3. The molecule has 0 radical (unpaired) electrons. The summed E-state index contributed by atoms with van der Waals surface area (Å²) < 4.78 is 0. The molecule has 0 amide bonds. The molecular formula is C23H31N5. The highest BCUT2D eigenvalue weighted by Crippen LogP contribution is 2.20. The van der Waals surface area contributed by atoms with E-state index in [4.69, 9.17) is 10.2 Å². The van der Waals surface area contributed by atoms with Crippen LogP contribution in [0.2, 0.25) is 0 Å². The third-order valence-corrected chi connectivity index (χ3v) is 4.95. The van der Waals surface area contributed by atoms with E-state index in [1.807, 2.05) is 29.1 Å². The minimum Gasteiger partial charge on any atom is -0.311 e. The standard InChI is InChI=1S/C23H31N5/c1-3-27(4-2)17-11-16-24-18-22-23(21-14-9-6-10-15-21)26-28(25-22)19-20-12-7-5-8-13-20/h5-10,12-15,24H,3-4,11,16-19H2,1-2H3. The van der Waals surface area contributed by atoms with Crippen molar-refractivity contribution in [1.29, 1.82) is 0 Å². The lowest BCUT2D eigenvalue weighted by molar-refractivity contribution is 0.298. The number of nitrogens with one attached hydrogen (secondary N) is 1. The Labute approximate surface area is 168 Å². The van der Waals surface area contributed by atoms with Gasteiger partial charge in [-0.25, -0.2) is 0 Å². The molecule has 0 aliphatic heterocycles. The second-order valence-electron chi connectivity index (χ2n) is 6.93. The quantitative estimate of drug-likeness (QED) is 0.516. The number of benzene rings is 2. The van der Waals surface area contributed by atoms with Gasteiger partial charge in [0.05, 0.1) is 6.54 Å². The molecule has 3 rings (SSSR count). The van der Waals surface area contributed by atoms with Crippen molar-refractivity contribution in [3.8, 4) is 11.3 Å². The lowest BCUT2D eigenvalue weighted by Gasteiger charge is -2.17. The average Bonchev–Trinajstić information content (AvgIpc) is 3.14. The normalized spacial score (nSPS) is 11.2. The summed E-state index contributed by atoms with van der Waals surface area (Å²) in [7, 11) is 0. The Balaban J connectivity index is 1.66. The zero-order valence-corrected chi connectivity index (χ0v) is 17.0. The second kappa shape index (κ2) is 10.7. The number of nitrogens with zero attached hydrogens (tertiary/aromatic N) is 4. The molecule has 5 nitrogen and oxygen atoms in total. The van der Waals surface area contributed by atoms with Gasteiger partial charge in [0.25, 0.3) is 0 Å². The van der Waals surface area contributed by atoms with Crippen molar-refractivity contribution in [3.05, 3.63) is 71.9 Å². The molecule has 148 valence electrons. The number of hydrogen-bond donors (Lipinski definition) is 1. The van der Waals surface area contributed by atoms with Crippen LogP contribution < -0.4 is 5.32 Å². The summed E-state index contributed by atoms with van der Waals surface area (Å²) in [6, 6.07) is 20.7. The van der Waals surface area contributed by atoms with Gasteiger partial charge in [-0.2, -0.15) is 15.0 Å². The van der Waals surface area contributed by atoms with Crippen LogP contribution in [-0.2, 0) is 13.1 Å². The highest BCUT2D eigenvalue weighted by atomic mass is 15.5. The van der Waals surface area contributed by atoms with E-state index in [-0.39, 0.29) is 0 Å². The molecule has 2 aromatic carbocycles. The molecule has 0 spiro atoms. The molecule has 28 heavy (non-hydrogen) atoms. The van der Waals surface area contributed by atoms with Gasteiger partial charge in [0.1, 0.15) is 11.4 Å². The summed E-state index contributed by atoms with van der Waals surface area (Å²) in [5.41, 5.74) is 4.29.